The van der Waals surface area contributed by atoms with E-state index < -0.39 is 0 Å². The number of aliphatic hydroxyl groups is 1. The fourth-order valence-electron chi connectivity index (χ4n) is 1.41. The van der Waals surface area contributed by atoms with Gasteiger partial charge in [0.15, 0.2) is 0 Å². The van der Waals surface area contributed by atoms with Crippen molar-refractivity contribution in [3.8, 4) is 0 Å². The average molecular weight is 161 g/mol. The molecule has 2 unspecified atom stereocenters. The summed E-state index contributed by atoms with van der Waals surface area (Å²) in [6.07, 6.45) is 3.28. The fourth-order valence-corrected chi connectivity index (χ4v) is 2.21. The summed E-state index contributed by atoms with van der Waals surface area (Å²) in [5, 5.41) is 9.64. The number of likely N-dealkylation sites (N-methyl/N-ethyl adjacent to an activating group) is 1. The van der Waals surface area contributed by atoms with E-state index in [-0.39, 0.29) is 0 Å². The number of thioether (sulfide) groups is 1. The molecule has 0 aliphatic carbocycles. The Morgan fingerprint density at radius 2 is 2.40 bits per heavy atom. The second-order valence-corrected chi connectivity index (χ2v) is 4.01. The summed E-state index contributed by atoms with van der Waals surface area (Å²) in [6.45, 7) is 1.44. The Morgan fingerprint density at radius 3 is 2.70 bits per heavy atom. The van der Waals surface area contributed by atoms with Crippen LogP contribution in [0.2, 0.25) is 0 Å². The lowest BCUT2D eigenvalue weighted by Gasteiger charge is -2.15. The zero-order chi connectivity index (χ0) is 7.56. The van der Waals surface area contributed by atoms with Gasteiger partial charge in [-0.05, 0) is 19.7 Å². The molecule has 0 bridgehead atoms. The van der Waals surface area contributed by atoms with Crippen LogP contribution in [0.25, 0.3) is 0 Å². The van der Waals surface area contributed by atoms with E-state index in [0.717, 1.165) is 18.2 Å². The summed E-state index contributed by atoms with van der Waals surface area (Å²) in [7, 11) is 2.08. The van der Waals surface area contributed by atoms with Crippen molar-refractivity contribution < 1.29 is 5.11 Å². The first-order valence-corrected chi connectivity index (χ1v) is 4.90. The number of rotatable bonds is 2. The Hall–Kier alpha value is 0.270. The Labute approximate surface area is 66.6 Å². The van der Waals surface area contributed by atoms with E-state index >= 15 is 0 Å². The maximum absolute atomic E-state index is 8.90. The molecule has 0 aromatic heterocycles. The van der Waals surface area contributed by atoms with Crippen molar-refractivity contribution in [2.24, 2.45) is 0 Å². The van der Waals surface area contributed by atoms with Gasteiger partial charge < -0.3 is 5.11 Å². The predicted molar refractivity (Wildman–Crippen MR) is 45.4 cm³/mol. The molecule has 1 saturated heterocycles. The van der Waals surface area contributed by atoms with E-state index in [1.165, 1.54) is 0 Å². The Kier molecular flexibility index (Phi) is 3.01. The molecule has 1 rings (SSSR count). The lowest BCUT2D eigenvalue weighted by molar-refractivity contribution is 0.182. The predicted octanol–water partition coefficient (Wildman–Crippen LogP) is 0.414. The molecule has 3 heteroatoms. The zero-order valence-electron chi connectivity index (χ0n) is 6.58. The van der Waals surface area contributed by atoms with Gasteiger partial charge >= 0.3 is 0 Å². The van der Waals surface area contributed by atoms with Gasteiger partial charge in [-0.2, -0.15) is 11.8 Å². The molecule has 0 saturated carbocycles. The van der Waals surface area contributed by atoms with E-state index in [9.17, 15) is 0 Å². The minimum absolute atomic E-state index is 0.313. The highest BCUT2D eigenvalue weighted by Crippen LogP contribution is 2.23. The number of aliphatic hydroxyl groups excluding tert-OH is 1. The molecule has 1 heterocycles. The van der Waals surface area contributed by atoms with Crippen LogP contribution in [0.1, 0.15) is 6.42 Å². The van der Waals surface area contributed by atoms with Gasteiger partial charge in [-0.3, -0.25) is 4.90 Å². The van der Waals surface area contributed by atoms with Crippen LogP contribution in [0, 0.1) is 0 Å². The zero-order valence-corrected chi connectivity index (χ0v) is 7.40. The maximum Gasteiger partial charge on any atom is 0.0587 e. The third-order valence-electron chi connectivity index (χ3n) is 2.19. The quantitative estimate of drug-likeness (QED) is 0.635. The van der Waals surface area contributed by atoms with Gasteiger partial charge in [0, 0.05) is 17.8 Å². The monoisotopic (exact) mass is 161 g/mol. The van der Waals surface area contributed by atoms with Crippen molar-refractivity contribution >= 4 is 11.8 Å². The first-order chi connectivity index (χ1) is 4.77. The standard InChI is InChI=1S/C7H15NOS/c1-8-4-7(10-2)3-6(8)5-9/h6-7,9H,3-5H2,1-2H3. The van der Waals surface area contributed by atoms with Crippen molar-refractivity contribution in [3.05, 3.63) is 0 Å². The molecule has 0 aromatic rings. The van der Waals surface area contributed by atoms with E-state index in [1.807, 2.05) is 11.8 Å². The lowest BCUT2D eigenvalue weighted by atomic mass is 10.2. The molecule has 2 atom stereocenters. The number of nitrogens with zero attached hydrogens (tertiary/aromatic N) is 1. The second-order valence-electron chi connectivity index (χ2n) is 2.87. The van der Waals surface area contributed by atoms with Crippen LogP contribution in [0.5, 0.6) is 0 Å². The van der Waals surface area contributed by atoms with E-state index in [0.29, 0.717) is 12.6 Å². The van der Waals surface area contributed by atoms with Crippen molar-refractivity contribution in [1.82, 2.24) is 4.90 Å². The van der Waals surface area contributed by atoms with Crippen LogP contribution in [0.3, 0.4) is 0 Å². The molecule has 0 spiro atoms. The maximum atomic E-state index is 8.90. The highest BCUT2D eigenvalue weighted by molar-refractivity contribution is 7.99. The lowest BCUT2D eigenvalue weighted by Crippen LogP contribution is -2.27. The molecular formula is C7H15NOS. The summed E-state index contributed by atoms with van der Waals surface area (Å²) >= 11 is 1.90. The van der Waals surface area contributed by atoms with Gasteiger partial charge in [0.05, 0.1) is 6.61 Å². The Morgan fingerprint density at radius 1 is 1.70 bits per heavy atom. The van der Waals surface area contributed by atoms with Gasteiger partial charge in [0.1, 0.15) is 0 Å². The summed E-state index contributed by atoms with van der Waals surface area (Å²) < 4.78 is 0. The summed E-state index contributed by atoms with van der Waals surface area (Å²) in [5.74, 6) is 0. The number of hydrogen-bond donors (Lipinski definition) is 1. The normalized spacial score (nSPS) is 35.1. The Balaban J connectivity index is 2.36. The van der Waals surface area contributed by atoms with Gasteiger partial charge in [-0.15, -0.1) is 0 Å². The van der Waals surface area contributed by atoms with Crippen LogP contribution >= 0.6 is 11.8 Å². The first kappa shape index (κ1) is 8.37. The minimum Gasteiger partial charge on any atom is -0.395 e. The number of hydrogen-bond acceptors (Lipinski definition) is 3. The van der Waals surface area contributed by atoms with E-state index in [1.54, 1.807) is 0 Å². The molecule has 60 valence electrons. The third kappa shape index (κ3) is 1.65. The summed E-state index contributed by atoms with van der Waals surface area (Å²) in [6, 6.07) is 0.414. The molecular weight excluding hydrogens is 146 g/mol. The average Bonchev–Trinajstić information content (AvgIpc) is 2.30. The minimum atomic E-state index is 0.313. The Bertz CT molecular complexity index is 110. The van der Waals surface area contributed by atoms with Crippen LogP contribution in [-0.4, -0.2) is 47.8 Å². The molecule has 1 aliphatic rings. The largest absolute Gasteiger partial charge is 0.395 e. The highest BCUT2D eigenvalue weighted by atomic mass is 32.2. The summed E-state index contributed by atoms with van der Waals surface area (Å²) in [5.41, 5.74) is 0. The van der Waals surface area contributed by atoms with Crippen molar-refractivity contribution in [3.63, 3.8) is 0 Å². The fraction of sp³-hybridized carbons (Fsp3) is 1.00. The first-order valence-electron chi connectivity index (χ1n) is 3.61. The topological polar surface area (TPSA) is 23.5 Å². The summed E-state index contributed by atoms with van der Waals surface area (Å²) in [4.78, 5) is 2.24. The van der Waals surface area contributed by atoms with Crippen molar-refractivity contribution in [2.75, 3.05) is 26.5 Å². The van der Waals surface area contributed by atoms with Crippen molar-refractivity contribution in [1.29, 1.82) is 0 Å². The van der Waals surface area contributed by atoms with Gasteiger partial charge in [-0.1, -0.05) is 0 Å². The van der Waals surface area contributed by atoms with E-state index in [4.69, 9.17) is 5.11 Å². The molecule has 10 heavy (non-hydrogen) atoms. The van der Waals surface area contributed by atoms with Crippen molar-refractivity contribution in [2.45, 2.75) is 17.7 Å². The van der Waals surface area contributed by atoms with E-state index in [2.05, 4.69) is 18.2 Å². The SMILES string of the molecule is CSC1CC(CO)N(C)C1. The smallest absolute Gasteiger partial charge is 0.0587 e. The van der Waals surface area contributed by atoms with Gasteiger partial charge in [0.2, 0.25) is 0 Å². The molecule has 0 aromatic carbocycles. The highest BCUT2D eigenvalue weighted by Gasteiger charge is 2.27. The van der Waals surface area contributed by atoms with Crippen LogP contribution in [0.4, 0.5) is 0 Å². The van der Waals surface area contributed by atoms with Gasteiger partial charge in [-0.25, -0.2) is 0 Å². The molecule has 0 radical (unpaired) electrons. The second kappa shape index (κ2) is 3.60. The molecule has 2 nitrogen and oxygen atoms in total. The third-order valence-corrected chi connectivity index (χ3v) is 3.20. The van der Waals surface area contributed by atoms with Crippen LogP contribution in [-0.2, 0) is 0 Å². The van der Waals surface area contributed by atoms with Crippen LogP contribution in [0.15, 0.2) is 0 Å². The van der Waals surface area contributed by atoms with Crippen LogP contribution < -0.4 is 0 Å². The molecule has 1 fully saturated rings. The van der Waals surface area contributed by atoms with Gasteiger partial charge in [0.25, 0.3) is 0 Å². The number of likely N-dealkylation sites (tertiary alicyclic amines) is 1. The molecule has 0 amide bonds. The molecule has 1 N–H and O–H groups in total. The molecule has 1 aliphatic heterocycles.